The summed E-state index contributed by atoms with van der Waals surface area (Å²) < 4.78 is 4.56. The van der Waals surface area contributed by atoms with Crippen LogP contribution >= 0.6 is 11.6 Å². The Morgan fingerprint density at radius 2 is 2.19 bits per heavy atom. The van der Waals surface area contributed by atoms with Crippen LogP contribution in [0.4, 0.5) is 10.6 Å². The number of aryl methyl sites for hydroxylation is 1. The van der Waals surface area contributed by atoms with Gasteiger partial charge in [-0.3, -0.25) is 0 Å². The number of nitrogens with two attached hydrogens (primary N) is 1. The molecule has 0 fully saturated rings. The van der Waals surface area contributed by atoms with Crippen LogP contribution in [0.3, 0.4) is 0 Å². The summed E-state index contributed by atoms with van der Waals surface area (Å²) in [5.74, 6) is 1.21. The lowest BCUT2D eigenvalue weighted by molar-refractivity contribution is 0.161. The van der Waals surface area contributed by atoms with Crippen LogP contribution in [0.15, 0.2) is 0 Å². The van der Waals surface area contributed by atoms with Crippen molar-refractivity contribution in [2.75, 3.05) is 18.5 Å². The van der Waals surface area contributed by atoms with Gasteiger partial charge in [0.05, 0.1) is 6.54 Å². The molecule has 1 aromatic heterocycles. The molecule has 1 heterocycles. The van der Waals surface area contributed by atoms with E-state index < -0.39 is 6.09 Å². The first-order valence-corrected chi connectivity index (χ1v) is 5.05. The Labute approximate surface area is 98.2 Å². The third-order valence-corrected chi connectivity index (χ3v) is 2.21. The average molecular weight is 245 g/mol. The van der Waals surface area contributed by atoms with Gasteiger partial charge in [0.1, 0.15) is 23.4 Å². The van der Waals surface area contributed by atoms with Gasteiger partial charge in [0.15, 0.2) is 0 Å². The van der Waals surface area contributed by atoms with E-state index in [1.807, 2.05) is 0 Å². The first-order chi connectivity index (χ1) is 7.50. The maximum Gasteiger partial charge on any atom is 0.404 e. The van der Waals surface area contributed by atoms with E-state index in [4.69, 9.17) is 17.3 Å². The van der Waals surface area contributed by atoms with Gasteiger partial charge < -0.3 is 15.8 Å². The lowest BCUT2D eigenvalue weighted by atomic mass is 10.3. The topological polar surface area (TPSA) is 90.1 Å². The number of nitrogens with zero attached hydrogens (tertiary/aromatic N) is 2. The molecule has 0 aliphatic heterocycles. The highest BCUT2D eigenvalue weighted by molar-refractivity contribution is 6.30. The van der Waals surface area contributed by atoms with Gasteiger partial charge in [0, 0.05) is 5.56 Å². The van der Waals surface area contributed by atoms with Gasteiger partial charge in [0.25, 0.3) is 0 Å². The fourth-order valence-corrected chi connectivity index (χ4v) is 1.30. The SMILES string of the molecule is Cc1nc(Cl)c(C)c(NCCOC(N)=O)n1. The number of primary amides is 1. The molecule has 0 bridgehead atoms. The Bertz CT molecular complexity index is 397. The number of aromatic nitrogens is 2. The van der Waals surface area contributed by atoms with Crippen molar-refractivity contribution >= 4 is 23.5 Å². The largest absolute Gasteiger partial charge is 0.448 e. The fraction of sp³-hybridized carbons (Fsp3) is 0.444. The van der Waals surface area contributed by atoms with E-state index in [2.05, 4.69) is 20.0 Å². The molecule has 0 atom stereocenters. The van der Waals surface area contributed by atoms with Crippen molar-refractivity contribution in [1.29, 1.82) is 0 Å². The zero-order valence-electron chi connectivity index (χ0n) is 9.08. The number of carbonyl (C=O) groups is 1. The van der Waals surface area contributed by atoms with Crippen LogP contribution in [0.5, 0.6) is 0 Å². The highest BCUT2D eigenvalue weighted by atomic mass is 35.5. The second-order valence-electron chi connectivity index (χ2n) is 3.13. The number of nitrogens with one attached hydrogen (secondary N) is 1. The molecule has 0 unspecified atom stereocenters. The van der Waals surface area contributed by atoms with E-state index in [0.29, 0.717) is 23.3 Å². The van der Waals surface area contributed by atoms with Crippen molar-refractivity contribution in [2.24, 2.45) is 5.73 Å². The summed E-state index contributed by atoms with van der Waals surface area (Å²) in [7, 11) is 0. The maximum absolute atomic E-state index is 10.3. The number of hydrogen-bond acceptors (Lipinski definition) is 5. The molecule has 0 saturated heterocycles. The summed E-state index contributed by atoms with van der Waals surface area (Å²) in [4.78, 5) is 18.5. The second-order valence-corrected chi connectivity index (χ2v) is 3.49. The zero-order chi connectivity index (χ0) is 12.1. The van der Waals surface area contributed by atoms with Gasteiger partial charge in [-0.1, -0.05) is 11.6 Å². The molecule has 1 amide bonds. The molecule has 7 heteroatoms. The second kappa shape index (κ2) is 5.50. The van der Waals surface area contributed by atoms with E-state index in [1.165, 1.54) is 0 Å². The summed E-state index contributed by atoms with van der Waals surface area (Å²) in [5.41, 5.74) is 5.57. The molecule has 16 heavy (non-hydrogen) atoms. The molecule has 0 aliphatic rings. The fourth-order valence-electron chi connectivity index (χ4n) is 1.09. The Morgan fingerprint density at radius 3 is 2.81 bits per heavy atom. The summed E-state index contributed by atoms with van der Waals surface area (Å²) in [6, 6.07) is 0. The Hall–Kier alpha value is -1.56. The molecule has 0 aromatic carbocycles. The lowest BCUT2D eigenvalue weighted by Gasteiger charge is -2.09. The Kier molecular flexibility index (Phi) is 4.30. The normalized spacial score (nSPS) is 9.94. The van der Waals surface area contributed by atoms with Crippen LogP contribution in [-0.2, 0) is 4.74 Å². The quantitative estimate of drug-likeness (QED) is 0.615. The third kappa shape index (κ3) is 3.54. The standard InChI is InChI=1S/C9H13ClN4O2/c1-5-7(10)13-6(2)14-8(5)12-3-4-16-9(11)15/h3-4H2,1-2H3,(H2,11,15)(H,12,13,14). The van der Waals surface area contributed by atoms with E-state index >= 15 is 0 Å². The van der Waals surface area contributed by atoms with E-state index in [-0.39, 0.29) is 6.61 Å². The van der Waals surface area contributed by atoms with Gasteiger partial charge in [-0.25, -0.2) is 14.8 Å². The number of ether oxygens (including phenoxy) is 1. The number of hydrogen-bond donors (Lipinski definition) is 2. The molecule has 0 aliphatic carbocycles. The van der Waals surface area contributed by atoms with Gasteiger partial charge in [-0.05, 0) is 13.8 Å². The van der Waals surface area contributed by atoms with Gasteiger partial charge >= 0.3 is 6.09 Å². The highest BCUT2D eigenvalue weighted by Gasteiger charge is 2.06. The Balaban J connectivity index is 2.57. The number of rotatable bonds is 4. The maximum atomic E-state index is 10.3. The monoisotopic (exact) mass is 244 g/mol. The summed E-state index contributed by atoms with van der Waals surface area (Å²) in [5, 5.41) is 3.39. The molecule has 1 rings (SSSR count). The molecule has 3 N–H and O–H groups in total. The van der Waals surface area contributed by atoms with Gasteiger partial charge in [-0.15, -0.1) is 0 Å². The van der Waals surface area contributed by atoms with Crippen molar-refractivity contribution in [1.82, 2.24) is 9.97 Å². The summed E-state index contributed by atoms with van der Waals surface area (Å²) in [6.07, 6.45) is -0.796. The van der Waals surface area contributed by atoms with Crippen LogP contribution in [0, 0.1) is 13.8 Å². The van der Waals surface area contributed by atoms with Crippen LogP contribution < -0.4 is 11.1 Å². The van der Waals surface area contributed by atoms with E-state index in [9.17, 15) is 4.79 Å². The van der Waals surface area contributed by atoms with Crippen molar-refractivity contribution in [3.8, 4) is 0 Å². The van der Waals surface area contributed by atoms with Crippen molar-refractivity contribution in [3.05, 3.63) is 16.5 Å². The average Bonchev–Trinajstić information content (AvgIpc) is 2.19. The van der Waals surface area contributed by atoms with Crippen LogP contribution in [0.2, 0.25) is 5.15 Å². The zero-order valence-corrected chi connectivity index (χ0v) is 9.84. The van der Waals surface area contributed by atoms with Crippen LogP contribution in [-0.4, -0.2) is 29.2 Å². The lowest BCUT2D eigenvalue weighted by Crippen LogP contribution is -2.19. The van der Waals surface area contributed by atoms with Gasteiger partial charge in [-0.2, -0.15) is 0 Å². The smallest absolute Gasteiger partial charge is 0.404 e. The predicted octanol–water partition coefficient (Wildman–Crippen LogP) is 1.25. The van der Waals surface area contributed by atoms with Crippen LogP contribution in [0.25, 0.3) is 0 Å². The van der Waals surface area contributed by atoms with Crippen molar-refractivity contribution in [3.63, 3.8) is 0 Å². The highest BCUT2D eigenvalue weighted by Crippen LogP contribution is 2.19. The number of amides is 1. The summed E-state index contributed by atoms with van der Waals surface area (Å²) in [6.45, 7) is 4.14. The minimum Gasteiger partial charge on any atom is -0.448 e. The van der Waals surface area contributed by atoms with E-state index in [0.717, 1.165) is 5.56 Å². The molecular weight excluding hydrogens is 232 g/mol. The minimum absolute atomic E-state index is 0.176. The molecule has 6 nitrogen and oxygen atoms in total. The minimum atomic E-state index is -0.796. The predicted molar refractivity (Wildman–Crippen MR) is 60.5 cm³/mol. The number of anilines is 1. The van der Waals surface area contributed by atoms with Gasteiger partial charge in [0.2, 0.25) is 0 Å². The molecule has 0 radical (unpaired) electrons. The number of carbonyl (C=O) groups excluding carboxylic acids is 1. The molecular formula is C9H13ClN4O2. The first kappa shape index (κ1) is 12.5. The van der Waals surface area contributed by atoms with Crippen molar-refractivity contribution < 1.29 is 9.53 Å². The van der Waals surface area contributed by atoms with Crippen molar-refractivity contribution in [2.45, 2.75) is 13.8 Å². The summed E-state index contributed by atoms with van der Waals surface area (Å²) >= 11 is 5.89. The molecule has 88 valence electrons. The molecule has 1 aromatic rings. The first-order valence-electron chi connectivity index (χ1n) is 4.67. The van der Waals surface area contributed by atoms with Crippen LogP contribution in [0.1, 0.15) is 11.4 Å². The molecule has 0 spiro atoms. The van der Waals surface area contributed by atoms with E-state index in [1.54, 1.807) is 13.8 Å². The Morgan fingerprint density at radius 1 is 1.50 bits per heavy atom. The third-order valence-electron chi connectivity index (χ3n) is 1.84. The number of halogens is 1. The molecule has 0 saturated carbocycles.